The van der Waals surface area contributed by atoms with Crippen LogP contribution in [-0.4, -0.2) is 53.2 Å². The molecule has 1 N–H and O–H groups in total. The van der Waals surface area contributed by atoms with Crippen molar-refractivity contribution in [1.29, 1.82) is 0 Å². The predicted molar refractivity (Wildman–Crippen MR) is 213 cm³/mol. The molecule has 11 nitrogen and oxygen atoms in total. The van der Waals surface area contributed by atoms with Gasteiger partial charge in [0.05, 0.1) is 65.9 Å². The van der Waals surface area contributed by atoms with Crippen LogP contribution >= 0.6 is 11.6 Å². The summed E-state index contributed by atoms with van der Waals surface area (Å²) in [6, 6.07) is 19.4. The Morgan fingerprint density at radius 3 is 2.23 bits per heavy atom. The minimum atomic E-state index is -4.78. The fourth-order valence-electron chi connectivity index (χ4n) is 7.03. The van der Waals surface area contributed by atoms with Crippen molar-refractivity contribution in [2.45, 2.75) is 46.1 Å². The summed E-state index contributed by atoms with van der Waals surface area (Å²) >= 11 is 7.14. The van der Waals surface area contributed by atoms with E-state index in [-0.39, 0.29) is 46.1 Å². The normalized spacial score (nSPS) is 13.1. The van der Waals surface area contributed by atoms with Gasteiger partial charge in [-0.3, -0.25) is 9.78 Å². The topological polar surface area (TPSA) is 115 Å². The molecule has 57 heavy (non-hydrogen) atoms. The number of nitrogens with one attached hydrogen (secondary N) is 1. The minimum absolute atomic E-state index is 0.0173. The van der Waals surface area contributed by atoms with Gasteiger partial charge in [0.1, 0.15) is 36.1 Å². The van der Waals surface area contributed by atoms with E-state index in [0.29, 0.717) is 59.4 Å². The van der Waals surface area contributed by atoms with Crippen LogP contribution in [0.15, 0.2) is 85.5 Å². The molecule has 7 rings (SSSR count). The Morgan fingerprint density at radius 1 is 0.982 bits per heavy atom. The number of anilines is 3. The average molecular weight is 798 g/mol. The van der Waals surface area contributed by atoms with Crippen molar-refractivity contribution in [3.63, 3.8) is 0 Å². The van der Waals surface area contributed by atoms with Crippen molar-refractivity contribution in [2.75, 3.05) is 42.5 Å². The number of benzene rings is 3. The van der Waals surface area contributed by atoms with Gasteiger partial charge in [0.2, 0.25) is 5.91 Å². The highest BCUT2D eigenvalue weighted by atomic mass is 35.5. The molecule has 1 amide bonds. The first kappa shape index (κ1) is 39.1. The molecule has 1 aliphatic heterocycles. The van der Waals surface area contributed by atoms with E-state index in [1.807, 2.05) is 71.3 Å². The van der Waals surface area contributed by atoms with Crippen LogP contribution in [0.3, 0.4) is 0 Å². The van der Waals surface area contributed by atoms with Crippen molar-refractivity contribution < 1.29 is 32.2 Å². The Bertz CT molecular complexity index is 2380. The molecule has 4 heterocycles. The van der Waals surface area contributed by atoms with E-state index in [9.17, 15) is 4.79 Å². The van der Waals surface area contributed by atoms with E-state index in [1.165, 1.54) is 32.3 Å². The fraction of sp³-hybridized carbons (Fsp3) is 0.262. The lowest BCUT2D eigenvalue weighted by molar-refractivity contribution is -0.137. The summed E-state index contributed by atoms with van der Waals surface area (Å²) in [6.07, 6.45) is -0.164. The first-order chi connectivity index (χ1) is 27.3. The molecule has 6 aromatic rings. The van der Waals surface area contributed by atoms with Gasteiger partial charge in [0.25, 0.3) is 0 Å². The Kier molecular flexibility index (Phi) is 11.1. The van der Waals surface area contributed by atoms with Crippen molar-refractivity contribution in [1.82, 2.24) is 19.9 Å². The second-order valence-electron chi connectivity index (χ2n) is 13.6. The van der Waals surface area contributed by atoms with Crippen LogP contribution in [-0.2, 0) is 24.1 Å². The van der Waals surface area contributed by atoms with Gasteiger partial charge in [-0.2, -0.15) is 13.2 Å². The number of alkyl halides is 3. The number of hydrogen-bond acceptors (Lipinski definition) is 10. The van der Waals surface area contributed by atoms with Crippen LogP contribution in [0.4, 0.5) is 30.5 Å². The first-order valence-corrected chi connectivity index (χ1v) is 18.4. The Balaban J connectivity index is 1.36. The number of pyridine rings is 2. The monoisotopic (exact) mass is 797 g/mol. The summed E-state index contributed by atoms with van der Waals surface area (Å²) < 4.78 is 62.3. The maximum atomic E-state index is 15.1. The fourth-order valence-corrected chi connectivity index (χ4v) is 7.32. The number of nitrogens with zero attached hydrogens (tertiary/aromatic N) is 6. The predicted octanol–water partition coefficient (Wildman–Crippen LogP) is 9.21. The highest BCUT2D eigenvalue weighted by Gasteiger charge is 2.39. The number of halogens is 4. The van der Waals surface area contributed by atoms with Crippen molar-refractivity contribution in [2.24, 2.45) is 0 Å². The number of methoxy groups -OCH3 is 2. The highest BCUT2D eigenvalue weighted by Crippen LogP contribution is 2.49. The summed E-state index contributed by atoms with van der Waals surface area (Å²) in [5.41, 5.74) is 2.15. The van der Waals surface area contributed by atoms with Gasteiger partial charge in [-0.15, -0.1) is 0 Å². The summed E-state index contributed by atoms with van der Waals surface area (Å²) in [5, 5.41) is 3.16. The first-order valence-electron chi connectivity index (χ1n) is 18.0. The maximum Gasteiger partial charge on any atom is 0.418 e. The van der Waals surface area contributed by atoms with Gasteiger partial charge in [-0.05, 0) is 78.6 Å². The molecule has 0 saturated carbocycles. The van der Waals surface area contributed by atoms with Crippen molar-refractivity contribution in [3.8, 4) is 28.5 Å². The second kappa shape index (κ2) is 16.1. The highest BCUT2D eigenvalue weighted by molar-refractivity contribution is 6.36. The molecule has 1 atom stereocenters. The molecular weight excluding hydrogens is 759 g/mol. The third-order valence-electron chi connectivity index (χ3n) is 9.81. The molecule has 3 aromatic heterocycles. The van der Waals surface area contributed by atoms with Crippen molar-refractivity contribution >= 4 is 45.7 Å². The molecule has 0 saturated heterocycles. The summed E-state index contributed by atoms with van der Waals surface area (Å²) in [7, 11) is 3.16. The van der Waals surface area contributed by atoms with Gasteiger partial charge in [-0.1, -0.05) is 35.9 Å². The maximum absolute atomic E-state index is 15.1. The standard InChI is InChI=1S/C42H39ClF3N7O4/c1-24-16-35(52(21-27-6-10-31(55-4)11-7-27)22-28-8-12-32(56-5)13-9-28)51-39(37(24)42(44,45)46)33-18-34-36-40(38(33)43)57-15-14-53(41(36)49-23-48-34)25(2)29-17-30(20-47-19-29)50-26(3)54/h6-13,16-20,23,25H,14-15,21-22H2,1-5H3,(H,50,54)/t25-/m1/s1. The summed E-state index contributed by atoms with van der Waals surface area (Å²) in [6.45, 7) is 5.92. The molecule has 1 aliphatic rings. The minimum Gasteiger partial charge on any atom is -0.497 e. The second-order valence-corrected chi connectivity index (χ2v) is 14.0. The zero-order valence-electron chi connectivity index (χ0n) is 31.8. The number of amides is 1. The van der Waals surface area contributed by atoms with Gasteiger partial charge < -0.3 is 29.3 Å². The molecule has 0 radical (unpaired) electrons. The molecule has 0 aliphatic carbocycles. The van der Waals surface area contributed by atoms with Gasteiger partial charge >= 0.3 is 6.18 Å². The van der Waals surface area contributed by atoms with E-state index in [2.05, 4.69) is 20.3 Å². The van der Waals surface area contributed by atoms with Crippen LogP contribution < -0.4 is 29.3 Å². The Labute approximate surface area is 332 Å². The molecule has 0 unspecified atom stereocenters. The number of aryl methyl sites for hydroxylation is 1. The van der Waals surface area contributed by atoms with Crippen LogP contribution in [0, 0.1) is 6.92 Å². The quantitative estimate of drug-likeness (QED) is 0.136. The van der Waals surface area contributed by atoms with Gasteiger partial charge in [0.15, 0.2) is 5.75 Å². The number of rotatable bonds is 11. The molecule has 15 heteroatoms. The van der Waals surface area contributed by atoms with E-state index >= 15 is 13.2 Å². The number of carbonyl (C=O) groups excluding carboxylic acids is 1. The van der Waals surface area contributed by atoms with E-state index < -0.39 is 11.7 Å². The Hall–Kier alpha value is -6.15. The van der Waals surface area contributed by atoms with Crippen LogP contribution in [0.2, 0.25) is 5.02 Å². The van der Waals surface area contributed by atoms with E-state index in [0.717, 1.165) is 16.7 Å². The lowest BCUT2D eigenvalue weighted by Crippen LogP contribution is -2.31. The lowest BCUT2D eigenvalue weighted by atomic mass is 9.98. The number of hydrogen-bond donors (Lipinski definition) is 1. The molecule has 0 spiro atoms. The Morgan fingerprint density at radius 2 is 1.63 bits per heavy atom. The van der Waals surface area contributed by atoms with Gasteiger partial charge in [0, 0.05) is 31.8 Å². The molecule has 294 valence electrons. The third kappa shape index (κ3) is 8.22. The van der Waals surface area contributed by atoms with Crippen LogP contribution in [0.25, 0.3) is 22.2 Å². The number of carbonyl (C=O) groups is 1. The largest absolute Gasteiger partial charge is 0.497 e. The molecular formula is C42H39ClF3N7O4. The number of aromatic nitrogens is 4. The molecule has 0 bridgehead atoms. The van der Waals surface area contributed by atoms with E-state index in [4.69, 9.17) is 30.8 Å². The number of ether oxygens (including phenoxy) is 3. The van der Waals surface area contributed by atoms with Crippen LogP contribution in [0.1, 0.15) is 47.7 Å². The smallest absolute Gasteiger partial charge is 0.418 e. The van der Waals surface area contributed by atoms with Gasteiger partial charge in [-0.25, -0.2) is 15.0 Å². The summed E-state index contributed by atoms with van der Waals surface area (Å²) in [4.78, 5) is 33.8. The van der Waals surface area contributed by atoms with E-state index in [1.54, 1.807) is 26.6 Å². The lowest BCUT2D eigenvalue weighted by Gasteiger charge is -2.29. The zero-order chi connectivity index (χ0) is 40.4. The SMILES string of the molecule is COc1ccc(CN(Cc2ccc(OC)cc2)c2cc(C)c(C(F)(F)F)c(-c3cc4ncnc5c4c(c3Cl)OCCN5[C@H](C)c3cncc(NC(C)=O)c3)n2)cc1. The molecule has 3 aromatic carbocycles. The average Bonchev–Trinajstić information content (AvgIpc) is 3.39. The third-order valence-corrected chi connectivity index (χ3v) is 10.2. The summed E-state index contributed by atoms with van der Waals surface area (Å²) in [5.74, 6) is 2.08. The molecule has 0 fully saturated rings. The van der Waals surface area contributed by atoms with Crippen LogP contribution in [0.5, 0.6) is 17.2 Å². The van der Waals surface area contributed by atoms with Crippen molar-refractivity contribution in [3.05, 3.63) is 118 Å². The zero-order valence-corrected chi connectivity index (χ0v) is 32.6.